The minimum atomic E-state index is -0.964. The largest absolute Gasteiger partial charge is 0.369 e. The van der Waals surface area contributed by atoms with E-state index in [0.717, 1.165) is 0 Å². The van der Waals surface area contributed by atoms with Crippen LogP contribution in [0.5, 0.6) is 0 Å². The van der Waals surface area contributed by atoms with E-state index in [1.165, 1.54) is 4.90 Å². The van der Waals surface area contributed by atoms with Crippen LogP contribution in [0, 0.1) is 0 Å². The van der Waals surface area contributed by atoms with Crippen LogP contribution < -0.4 is 5.43 Å². The topological polar surface area (TPSA) is 64.9 Å². The first-order valence-corrected chi connectivity index (χ1v) is 4.68. The Morgan fingerprint density at radius 2 is 2.43 bits per heavy atom. The van der Waals surface area contributed by atoms with Crippen LogP contribution in [0.4, 0.5) is 0 Å². The summed E-state index contributed by atoms with van der Waals surface area (Å²) in [6.07, 6.45) is -0.339. The number of amides is 1. The van der Waals surface area contributed by atoms with Crippen molar-refractivity contribution < 1.29 is 9.90 Å². The number of aliphatic hydroxyl groups is 1. The van der Waals surface area contributed by atoms with E-state index in [4.69, 9.17) is 11.6 Å². The lowest BCUT2D eigenvalue weighted by Gasteiger charge is -2.20. The maximum atomic E-state index is 11.6. The molecule has 2 rings (SSSR count). The maximum Gasteiger partial charge on any atom is 0.273 e. The van der Waals surface area contributed by atoms with E-state index >= 15 is 0 Å². The molecule has 0 aromatic carbocycles. The summed E-state index contributed by atoms with van der Waals surface area (Å²) < 4.78 is 0. The fourth-order valence-corrected chi connectivity index (χ4v) is 1.68. The molecule has 0 saturated carbocycles. The molecule has 0 spiro atoms. The molecule has 1 amide bonds. The number of aliphatic hydroxyl groups excluding tert-OH is 1. The number of hydrogen-bond donors (Lipinski definition) is 2. The standard InChI is InChI=1S/C8H10ClN3O2/c1-4-6(9)8(14)12(7(4)13)5-2-3-10-11-5/h7,10,13H,2-3H2,1H3. The Balaban J connectivity index is 2.28. The molecule has 0 aromatic rings. The highest BCUT2D eigenvalue weighted by molar-refractivity contribution is 6.44. The summed E-state index contributed by atoms with van der Waals surface area (Å²) >= 11 is 5.73. The first kappa shape index (κ1) is 9.48. The van der Waals surface area contributed by atoms with Crippen molar-refractivity contribution >= 4 is 23.3 Å². The van der Waals surface area contributed by atoms with Crippen LogP contribution in [-0.4, -0.2) is 34.5 Å². The average molecular weight is 216 g/mol. The third-order valence-corrected chi connectivity index (χ3v) is 2.79. The Labute approximate surface area is 86.0 Å². The summed E-state index contributed by atoms with van der Waals surface area (Å²) in [6, 6.07) is 0. The molecule has 6 heteroatoms. The molecule has 2 heterocycles. The molecule has 2 aliphatic rings. The SMILES string of the molecule is CC1=C(Cl)C(=O)N(C2=NNCC2)C1O. The molecular weight excluding hydrogens is 206 g/mol. The Bertz CT molecular complexity index is 350. The average Bonchev–Trinajstić information content (AvgIpc) is 2.73. The Hall–Kier alpha value is -1.07. The van der Waals surface area contributed by atoms with Crippen LogP contribution in [0.1, 0.15) is 13.3 Å². The second-order valence-corrected chi connectivity index (χ2v) is 3.61. The van der Waals surface area contributed by atoms with Crippen molar-refractivity contribution in [1.82, 2.24) is 10.3 Å². The van der Waals surface area contributed by atoms with Crippen LogP contribution in [-0.2, 0) is 4.79 Å². The lowest BCUT2D eigenvalue weighted by Crippen LogP contribution is -2.39. The van der Waals surface area contributed by atoms with E-state index in [9.17, 15) is 9.90 Å². The Morgan fingerprint density at radius 3 is 2.86 bits per heavy atom. The third kappa shape index (κ3) is 1.20. The smallest absolute Gasteiger partial charge is 0.273 e. The summed E-state index contributed by atoms with van der Waals surface area (Å²) in [5.41, 5.74) is 3.22. The first-order chi connectivity index (χ1) is 6.63. The molecule has 1 atom stereocenters. The van der Waals surface area contributed by atoms with Crippen LogP contribution in [0.2, 0.25) is 0 Å². The predicted octanol–water partition coefficient (Wildman–Crippen LogP) is -0.0334. The molecule has 5 nitrogen and oxygen atoms in total. The molecule has 0 saturated heterocycles. The fourth-order valence-electron chi connectivity index (χ4n) is 1.50. The molecule has 2 N–H and O–H groups in total. The van der Waals surface area contributed by atoms with Gasteiger partial charge in [0.15, 0.2) is 6.23 Å². The van der Waals surface area contributed by atoms with Crippen LogP contribution >= 0.6 is 11.6 Å². The van der Waals surface area contributed by atoms with Crippen molar-refractivity contribution in [1.29, 1.82) is 0 Å². The van der Waals surface area contributed by atoms with Gasteiger partial charge in [0.1, 0.15) is 10.9 Å². The molecule has 0 bridgehead atoms. The van der Waals surface area contributed by atoms with Gasteiger partial charge >= 0.3 is 0 Å². The second-order valence-electron chi connectivity index (χ2n) is 3.23. The van der Waals surface area contributed by atoms with Gasteiger partial charge in [-0.3, -0.25) is 9.69 Å². The number of nitrogens with zero attached hydrogens (tertiary/aromatic N) is 2. The number of carbonyl (C=O) groups excluding carboxylic acids is 1. The minimum absolute atomic E-state index is 0.0899. The molecule has 76 valence electrons. The fraction of sp³-hybridized carbons (Fsp3) is 0.500. The molecule has 0 aromatic heterocycles. The van der Waals surface area contributed by atoms with Crippen LogP contribution in [0.25, 0.3) is 0 Å². The summed E-state index contributed by atoms with van der Waals surface area (Å²) in [5.74, 6) is 0.164. The van der Waals surface area contributed by atoms with Crippen LogP contribution in [0.3, 0.4) is 0 Å². The van der Waals surface area contributed by atoms with Crippen molar-refractivity contribution in [2.24, 2.45) is 5.10 Å². The minimum Gasteiger partial charge on any atom is -0.369 e. The van der Waals surface area contributed by atoms with E-state index in [-0.39, 0.29) is 10.9 Å². The van der Waals surface area contributed by atoms with Gasteiger partial charge in [0, 0.05) is 18.5 Å². The van der Waals surface area contributed by atoms with Gasteiger partial charge in [-0.15, -0.1) is 0 Å². The quantitative estimate of drug-likeness (QED) is 0.596. The zero-order valence-corrected chi connectivity index (χ0v) is 8.38. The summed E-state index contributed by atoms with van der Waals surface area (Å²) in [4.78, 5) is 12.8. The monoisotopic (exact) mass is 215 g/mol. The van der Waals surface area contributed by atoms with Gasteiger partial charge < -0.3 is 10.5 Å². The number of carbonyl (C=O) groups is 1. The highest BCUT2D eigenvalue weighted by atomic mass is 35.5. The van der Waals surface area contributed by atoms with E-state index < -0.39 is 6.23 Å². The molecule has 0 radical (unpaired) electrons. The maximum absolute atomic E-state index is 11.6. The number of hydrogen-bond acceptors (Lipinski definition) is 4. The number of rotatable bonds is 0. The number of halogens is 1. The zero-order valence-electron chi connectivity index (χ0n) is 7.62. The molecule has 0 aliphatic carbocycles. The van der Waals surface area contributed by atoms with E-state index in [1.54, 1.807) is 6.92 Å². The first-order valence-electron chi connectivity index (χ1n) is 4.30. The van der Waals surface area contributed by atoms with Crippen molar-refractivity contribution in [2.75, 3.05) is 6.54 Å². The number of hydrazone groups is 1. The summed E-state index contributed by atoms with van der Waals surface area (Å²) in [7, 11) is 0. The van der Waals surface area contributed by atoms with Crippen molar-refractivity contribution in [3.05, 3.63) is 10.6 Å². The lowest BCUT2D eigenvalue weighted by atomic mass is 10.3. The van der Waals surface area contributed by atoms with Crippen molar-refractivity contribution in [3.63, 3.8) is 0 Å². The van der Waals surface area contributed by atoms with E-state index in [2.05, 4.69) is 10.5 Å². The van der Waals surface area contributed by atoms with E-state index in [0.29, 0.717) is 24.4 Å². The highest BCUT2D eigenvalue weighted by Crippen LogP contribution is 2.27. The van der Waals surface area contributed by atoms with E-state index in [1.807, 2.05) is 0 Å². The van der Waals surface area contributed by atoms with Gasteiger partial charge in [0.2, 0.25) is 0 Å². The molecule has 1 unspecified atom stereocenters. The predicted molar refractivity (Wildman–Crippen MR) is 51.5 cm³/mol. The van der Waals surface area contributed by atoms with Gasteiger partial charge in [0.25, 0.3) is 5.91 Å². The number of amidine groups is 1. The van der Waals surface area contributed by atoms with Gasteiger partial charge in [-0.05, 0) is 6.92 Å². The van der Waals surface area contributed by atoms with Gasteiger partial charge in [-0.1, -0.05) is 11.6 Å². The lowest BCUT2D eigenvalue weighted by molar-refractivity contribution is -0.125. The van der Waals surface area contributed by atoms with Crippen LogP contribution in [0.15, 0.2) is 15.7 Å². The number of nitrogens with one attached hydrogen (secondary N) is 1. The molecule has 2 aliphatic heterocycles. The van der Waals surface area contributed by atoms with Gasteiger partial charge in [-0.25, -0.2) is 0 Å². The third-order valence-electron chi connectivity index (χ3n) is 2.33. The van der Waals surface area contributed by atoms with Crippen molar-refractivity contribution in [2.45, 2.75) is 19.6 Å². The second kappa shape index (κ2) is 3.25. The molecular formula is C8H10ClN3O2. The zero-order chi connectivity index (χ0) is 10.3. The van der Waals surface area contributed by atoms with Crippen molar-refractivity contribution in [3.8, 4) is 0 Å². The Kier molecular flexibility index (Phi) is 2.20. The normalized spacial score (nSPS) is 27.1. The van der Waals surface area contributed by atoms with Gasteiger partial charge in [-0.2, -0.15) is 5.10 Å². The summed E-state index contributed by atoms with van der Waals surface area (Å²) in [6.45, 7) is 2.32. The Morgan fingerprint density at radius 1 is 1.71 bits per heavy atom. The highest BCUT2D eigenvalue weighted by Gasteiger charge is 2.38. The summed E-state index contributed by atoms with van der Waals surface area (Å²) in [5, 5.41) is 13.7. The molecule has 0 fully saturated rings. The van der Waals surface area contributed by atoms with Gasteiger partial charge in [0.05, 0.1) is 0 Å². The molecule has 14 heavy (non-hydrogen) atoms.